The van der Waals surface area contributed by atoms with Crippen LogP contribution in [0.4, 0.5) is 0 Å². The molecular weight excluding hydrogens is 370 g/mol. The van der Waals surface area contributed by atoms with Gasteiger partial charge in [-0.25, -0.2) is 5.43 Å². The summed E-state index contributed by atoms with van der Waals surface area (Å²) in [6, 6.07) is 13.7. The number of rotatable bonds is 6. The van der Waals surface area contributed by atoms with Crippen molar-refractivity contribution in [2.45, 2.75) is 25.7 Å². The number of thioether (sulfide) groups is 1. The number of aryl methyl sites for hydroxylation is 3. The Labute approximate surface area is 169 Å². The first-order valence-corrected chi connectivity index (χ1v) is 9.92. The van der Waals surface area contributed by atoms with E-state index in [0.29, 0.717) is 0 Å². The van der Waals surface area contributed by atoms with Crippen LogP contribution in [0.15, 0.2) is 52.5 Å². The Morgan fingerprint density at radius 1 is 1.18 bits per heavy atom. The van der Waals surface area contributed by atoms with Gasteiger partial charge in [0, 0.05) is 16.0 Å². The van der Waals surface area contributed by atoms with Crippen LogP contribution in [0.3, 0.4) is 0 Å². The van der Waals surface area contributed by atoms with Crippen molar-refractivity contribution in [1.29, 1.82) is 0 Å². The standard InChI is InChI=1S/C22H23N3O2S/c1-14-9-15(2)22-19(10-14)20(11-16(3)24-22)28-13-21(26)25-23-12-17-5-7-18(27-4)8-6-17/h5-12H,13H2,1-4H3,(H,25,26). The molecule has 3 aromatic rings. The highest BCUT2D eigenvalue weighted by molar-refractivity contribution is 8.00. The smallest absolute Gasteiger partial charge is 0.250 e. The van der Waals surface area contributed by atoms with Crippen molar-refractivity contribution in [1.82, 2.24) is 10.4 Å². The molecule has 5 nitrogen and oxygen atoms in total. The molecule has 28 heavy (non-hydrogen) atoms. The van der Waals surface area contributed by atoms with Crippen molar-refractivity contribution in [3.8, 4) is 5.75 Å². The first-order chi connectivity index (χ1) is 13.5. The number of benzene rings is 2. The predicted octanol–water partition coefficient (Wildman–Crippen LogP) is 4.41. The molecule has 1 aromatic heterocycles. The zero-order valence-corrected chi connectivity index (χ0v) is 17.3. The highest BCUT2D eigenvalue weighted by atomic mass is 32.2. The SMILES string of the molecule is COc1ccc(C=NNC(=O)CSc2cc(C)nc3c(C)cc(C)cc23)cc1. The molecule has 2 aromatic carbocycles. The molecule has 0 atom stereocenters. The molecule has 6 heteroatoms. The molecule has 0 aliphatic carbocycles. The van der Waals surface area contributed by atoms with Crippen LogP contribution in [0, 0.1) is 20.8 Å². The molecule has 1 amide bonds. The molecule has 0 saturated heterocycles. The molecule has 0 unspecified atom stereocenters. The van der Waals surface area contributed by atoms with Gasteiger partial charge in [-0.3, -0.25) is 9.78 Å². The Morgan fingerprint density at radius 3 is 2.64 bits per heavy atom. The number of fused-ring (bicyclic) bond motifs is 1. The summed E-state index contributed by atoms with van der Waals surface area (Å²) < 4.78 is 5.12. The van der Waals surface area contributed by atoms with E-state index < -0.39 is 0 Å². The van der Waals surface area contributed by atoms with E-state index in [9.17, 15) is 4.79 Å². The molecular formula is C22H23N3O2S. The average molecular weight is 394 g/mol. The van der Waals surface area contributed by atoms with E-state index in [-0.39, 0.29) is 11.7 Å². The van der Waals surface area contributed by atoms with Crippen LogP contribution in [-0.4, -0.2) is 30.0 Å². The topological polar surface area (TPSA) is 63.6 Å². The molecule has 1 heterocycles. The van der Waals surface area contributed by atoms with Crippen LogP contribution in [0.25, 0.3) is 10.9 Å². The number of aromatic nitrogens is 1. The van der Waals surface area contributed by atoms with Crippen LogP contribution < -0.4 is 10.2 Å². The van der Waals surface area contributed by atoms with E-state index in [4.69, 9.17) is 4.74 Å². The van der Waals surface area contributed by atoms with Crippen LogP contribution in [0.2, 0.25) is 0 Å². The third kappa shape index (κ3) is 4.89. The lowest BCUT2D eigenvalue weighted by Crippen LogP contribution is -2.19. The fraction of sp³-hybridized carbons (Fsp3) is 0.227. The van der Waals surface area contributed by atoms with Gasteiger partial charge in [0.1, 0.15) is 5.75 Å². The summed E-state index contributed by atoms with van der Waals surface area (Å²) >= 11 is 1.50. The first-order valence-electron chi connectivity index (χ1n) is 8.93. The molecule has 1 N–H and O–H groups in total. The van der Waals surface area contributed by atoms with Crippen molar-refractivity contribution in [3.05, 3.63) is 64.8 Å². The maximum absolute atomic E-state index is 12.2. The minimum absolute atomic E-state index is 0.151. The summed E-state index contributed by atoms with van der Waals surface area (Å²) in [5, 5.41) is 5.11. The third-order valence-electron chi connectivity index (χ3n) is 4.22. The zero-order valence-electron chi connectivity index (χ0n) is 16.4. The molecule has 144 valence electrons. The van der Waals surface area contributed by atoms with Crippen molar-refractivity contribution in [3.63, 3.8) is 0 Å². The van der Waals surface area contributed by atoms with Gasteiger partial charge in [0.05, 0.1) is 24.6 Å². The molecule has 0 aliphatic heterocycles. The molecule has 0 bridgehead atoms. The Morgan fingerprint density at radius 2 is 1.93 bits per heavy atom. The Bertz CT molecular complexity index is 1030. The van der Waals surface area contributed by atoms with Gasteiger partial charge in [0.25, 0.3) is 0 Å². The highest BCUT2D eigenvalue weighted by Crippen LogP contribution is 2.30. The summed E-state index contributed by atoms with van der Waals surface area (Å²) in [5.74, 6) is 0.913. The number of carbonyl (C=O) groups is 1. The predicted molar refractivity (Wildman–Crippen MR) is 115 cm³/mol. The molecule has 0 saturated carbocycles. The Balaban J connectivity index is 1.65. The summed E-state index contributed by atoms with van der Waals surface area (Å²) in [6.07, 6.45) is 1.61. The van der Waals surface area contributed by atoms with E-state index in [1.54, 1.807) is 13.3 Å². The Hall–Kier alpha value is -2.86. The lowest BCUT2D eigenvalue weighted by Gasteiger charge is -2.10. The molecule has 0 spiro atoms. The normalized spacial score (nSPS) is 11.1. The maximum atomic E-state index is 12.2. The maximum Gasteiger partial charge on any atom is 0.250 e. The van der Waals surface area contributed by atoms with Gasteiger partial charge in [0.2, 0.25) is 5.91 Å². The quantitative estimate of drug-likeness (QED) is 0.383. The number of ether oxygens (including phenoxy) is 1. The second-order valence-electron chi connectivity index (χ2n) is 6.59. The van der Waals surface area contributed by atoms with Gasteiger partial charge in [0.15, 0.2) is 0 Å². The summed E-state index contributed by atoms with van der Waals surface area (Å²) in [5.41, 5.74) is 7.73. The van der Waals surface area contributed by atoms with E-state index in [1.807, 2.05) is 37.3 Å². The fourth-order valence-electron chi connectivity index (χ4n) is 2.94. The molecule has 0 radical (unpaired) electrons. The van der Waals surface area contributed by atoms with Crippen LogP contribution in [-0.2, 0) is 4.79 Å². The van der Waals surface area contributed by atoms with E-state index in [2.05, 4.69) is 41.5 Å². The van der Waals surface area contributed by atoms with Crippen LogP contribution in [0.1, 0.15) is 22.4 Å². The number of methoxy groups -OCH3 is 1. The van der Waals surface area contributed by atoms with Gasteiger partial charge in [-0.05, 0) is 68.3 Å². The molecule has 3 rings (SSSR count). The lowest BCUT2D eigenvalue weighted by atomic mass is 10.1. The van der Waals surface area contributed by atoms with Gasteiger partial charge in [-0.1, -0.05) is 11.6 Å². The molecule has 0 aliphatic rings. The number of nitrogens with one attached hydrogen (secondary N) is 1. The zero-order chi connectivity index (χ0) is 20.1. The van der Waals surface area contributed by atoms with Crippen molar-refractivity contribution in [2.24, 2.45) is 5.10 Å². The fourth-order valence-corrected chi connectivity index (χ4v) is 3.85. The minimum atomic E-state index is -0.151. The average Bonchev–Trinajstić information content (AvgIpc) is 2.67. The number of nitrogens with zero attached hydrogens (tertiary/aromatic N) is 2. The van der Waals surface area contributed by atoms with Gasteiger partial charge >= 0.3 is 0 Å². The van der Waals surface area contributed by atoms with E-state index in [0.717, 1.165) is 38.4 Å². The lowest BCUT2D eigenvalue weighted by molar-refractivity contribution is -0.118. The summed E-state index contributed by atoms with van der Waals surface area (Å²) in [6.45, 7) is 6.11. The van der Waals surface area contributed by atoms with Crippen LogP contribution in [0.5, 0.6) is 5.75 Å². The van der Waals surface area contributed by atoms with Gasteiger partial charge in [-0.2, -0.15) is 5.10 Å². The number of hydrogen-bond donors (Lipinski definition) is 1. The molecule has 0 fully saturated rings. The van der Waals surface area contributed by atoms with E-state index in [1.165, 1.54) is 17.3 Å². The monoisotopic (exact) mass is 393 g/mol. The van der Waals surface area contributed by atoms with Crippen molar-refractivity contribution >= 4 is 34.8 Å². The third-order valence-corrected chi connectivity index (χ3v) is 5.27. The van der Waals surface area contributed by atoms with Gasteiger partial charge < -0.3 is 4.74 Å². The van der Waals surface area contributed by atoms with E-state index >= 15 is 0 Å². The summed E-state index contributed by atoms with van der Waals surface area (Å²) in [7, 11) is 1.62. The summed E-state index contributed by atoms with van der Waals surface area (Å²) in [4.78, 5) is 17.9. The van der Waals surface area contributed by atoms with Crippen molar-refractivity contribution in [2.75, 3.05) is 12.9 Å². The first kappa shape index (κ1) is 19.9. The van der Waals surface area contributed by atoms with Crippen molar-refractivity contribution < 1.29 is 9.53 Å². The second kappa shape index (κ2) is 8.89. The Kier molecular flexibility index (Phi) is 6.31. The number of hydrazone groups is 1. The largest absolute Gasteiger partial charge is 0.497 e. The number of carbonyl (C=O) groups excluding carboxylic acids is 1. The number of hydrogen-bond acceptors (Lipinski definition) is 5. The number of pyridine rings is 1. The minimum Gasteiger partial charge on any atom is -0.497 e. The highest BCUT2D eigenvalue weighted by Gasteiger charge is 2.10. The van der Waals surface area contributed by atoms with Gasteiger partial charge in [-0.15, -0.1) is 11.8 Å². The second-order valence-corrected chi connectivity index (χ2v) is 7.61. The number of amides is 1. The van der Waals surface area contributed by atoms with Crippen LogP contribution >= 0.6 is 11.8 Å².